The van der Waals surface area contributed by atoms with Crippen LogP contribution in [0.15, 0.2) is 56.8 Å². The van der Waals surface area contributed by atoms with E-state index in [1.54, 1.807) is 6.08 Å². The topological polar surface area (TPSA) is 73.9 Å². The van der Waals surface area contributed by atoms with Gasteiger partial charge in [0, 0.05) is 10.0 Å². The molecule has 5 nitrogen and oxygen atoms in total. The lowest BCUT2D eigenvalue weighted by atomic mass is 10.2. The molecule has 0 unspecified atom stereocenters. The number of hydrogen-bond acceptors (Lipinski definition) is 5. The van der Waals surface area contributed by atoms with Gasteiger partial charge >= 0.3 is 0 Å². The maximum absolute atomic E-state index is 11.8. The summed E-state index contributed by atoms with van der Waals surface area (Å²) in [5, 5.41) is 0.255. The standard InChI is InChI=1S/C19H17BrN2O3S/c1-12-4-2-3-5-15(12)24-8-9-25-16-7-6-14(20)10-13(16)11-17-18(23)22-19(21)26-17/h2-7,10-11H,8-9H2,1H3,(H2,21,22,23)/b17-11+. The number of carbonyl (C=O) groups is 1. The average Bonchev–Trinajstić information content (AvgIpc) is 2.92. The number of amidine groups is 1. The highest BCUT2D eigenvalue weighted by atomic mass is 79.9. The van der Waals surface area contributed by atoms with Crippen molar-refractivity contribution >= 4 is 44.8 Å². The Bertz CT molecular complexity index is 896. The summed E-state index contributed by atoms with van der Waals surface area (Å²) in [5.74, 6) is 1.17. The third-order valence-corrected chi connectivity index (χ3v) is 4.89. The molecule has 0 fully saturated rings. The number of aliphatic imine (C=N–C) groups is 1. The number of halogens is 1. The number of hydrogen-bond donors (Lipinski definition) is 1. The number of rotatable bonds is 6. The van der Waals surface area contributed by atoms with Crippen LogP contribution in [0.25, 0.3) is 6.08 Å². The number of aryl methyl sites for hydroxylation is 1. The minimum atomic E-state index is -0.332. The Kier molecular flexibility index (Phi) is 6.00. The zero-order valence-corrected chi connectivity index (χ0v) is 16.5. The fourth-order valence-electron chi connectivity index (χ4n) is 2.35. The van der Waals surface area contributed by atoms with Crippen LogP contribution in [0.1, 0.15) is 11.1 Å². The van der Waals surface area contributed by atoms with Crippen molar-refractivity contribution in [3.05, 3.63) is 63.0 Å². The van der Waals surface area contributed by atoms with Gasteiger partial charge in [0.25, 0.3) is 5.91 Å². The molecule has 1 amide bonds. The van der Waals surface area contributed by atoms with Gasteiger partial charge in [-0.25, -0.2) is 0 Å². The van der Waals surface area contributed by atoms with Crippen LogP contribution in [-0.2, 0) is 4.79 Å². The number of nitrogens with zero attached hydrogens (tertiary/aromatic N) is 1. The molecular formula is C19H17BrN2O3S. The van der Waals surface area contributed by atoms with Gasteiger partial charge in [0.2, 0.25) is 0 Å². The molecule has 1 aliphatic heterocycles. The number of thioether (sulfide) groups is 1. The molecule has 1 aliphatic rings. The van der Waals surface area contributed by atoms with Crippen LogP contribution in [0.4, 0.5) is 0 Å². The van der Waals surface area contributed by atoms with E-state index in [-0.39, 0.29) is 11.1 Å². The number of nitrogens with two attached hydrogens (primary N) is 1. The van der Waals surface area contributed by atoms with Crippen LogP contribution < -0.4 is 15.2 Å². The van der Waals surface area contributed by atoms with Crippen LogP contribution >= 0.6 is 27.7 Å². The Morgan fingerprint density at radius 1 is 1.15 bits per heavy atom. The Hall–Kier alpha value is -2.25. The second kappa shape index (κ2) is 8.42. The Labute approximate surface area is 164 Å². The molecule has 2 N–H and O–H groups in total. The minimum absolute atomic E-state index is 0.255. The van der Waals surface area contributed by atoms with Crippen LogP contribution in [0.3, 0.4) is 0 Å². The lowest BCUT2D eigenvalue weighted by molar-refractivity contribution is -0.113. The third kappa shape index (κ3) is 4.68. The summed E-state index contributed by atoms with van der Waals surface area (Å²) in [6.07, 6.45) is 1.73. The summed E-state index contributed by atoms with van der Waals surface area (Å²) in [6.45, 7) is 2.80. The molecule has 3 rings (SSSR count). The van der Waals surface area contributed by atoms with E-state index in [9.17, 15) is 4.79 Å². The summed E-state index contributed by atoms with van der Waals surface area (Å²) in [4.78, 5) is 16.0. The normalized spacial score (nSPS) is 15.2. The van der Waals surface area contributed by atoms with Crippen LogP contribution in [0.2, 0.25) is 0 Å². The summed E-state index contributed by atoms with van der Waals surface area (Å²) < 4.78 is 12.5. The molecule has 7 heteroatoms. The van der Waals surface area contributed by atoms with Crippen molar-refractivity contribution in [1.82, 2.24) is 0 Å². The first kappa shape index (κ1) is 18.5. The van der Waals surface area contributed by atoms with Crippen molar-refractivity contribution in [2.24, 2.45) is 10.7 Å². The molecule has 0 saturated carbocycles. The van der Waals surface area contributed by atoms with Crippen LogP contribution in [0, 0.1) is 6.92 Å². The highest BCUT2D eigenvalue weighted by Crippen LogP contribution is 2.31. The zero-order chi connectivity index (χ0) is 18.5. The molecule has 0 spiro atoms. The van der Waals surface area contributed by atoms with E-state index in [4.69, 9.17) is 15.2 Å². The highest BCUT2D eigenvalue weighted by molar-refractivity contribution is 9.10. The maximum atomic E-state index is 11.8. The second-order valence-electron chi connectivity index (χ2n) is 5.51. The summed E-state index contributed by atoms with van der Waals surface area (Å²) >= 11 is 4.59. The predicted molar refractivity (Wildman–Crippen MR) is 109 cm³/mol. The fraction of sp³-hybridized carbons (Fsp3) is 0.158. The minimum Gasteiger partial charge on any atom is -0.490 e. The van der Waals surface area contributed by atoms with E-state index in [1.807, 2.05) is 49.4 Å². The molecule has 26 heavy (non-hydrogen) atoms. The van der Waals surface area contributed by atoms with Gasteiger partial charge in [-0.05, 0) is 54.6 Å². The number of carbonyl (C=O) groups excluding carboxylic acids is 1. The van der Waals surface area contributed by atoms with Crippen molar-refractivity contribution < 1.29 is 14.3 Å². The molecule has 0 aliphatic carbocycles. The molecule has 0 bridgehead atoms. The summed E-state index contributed by atoms with van der Waals surface area (Å²) in [7, 11) is 0. The molecular weight excluding hydrogens is 416 g/mol. The van der Waals surface area contributed by atoms with Gasteiger partial charge in [-0.2, -0.15) is 4.99 Å². The van der Waals surface area contributed by atoms with E-state index in [1.165, 1.54) is 0 Å². The molecule has 0 saturated heterocycles. The van der Waals surface area contributed by atoms with Gasteiger partial charge in [0.15, 0.2) is 5.17 Å². The number of amides is 1. The van der Waals surface area contributed by atoms with E-state index in [0.717, 1.165) is 33.1 Å². The SMILES string of the molecule is Cc1ccccc1OCCOc1ccc(Br)cc1/C=C1/SC(N)=NC1=O. The Morgan fingerprint density at radius 3 is 2.58 bits per heavy atom. The quantitative estimate of drug-likeness (QED) is 0.548. The van der Waals surface area contributed by atoms with E-state index >= 15 is 0 Å². The van der Waals surface area contributed by atoms with Crippen molar-refractivity contribution in [2.75, 3.05) is 13.2 Å². The average molecular weight is 433 g/mol. The van der Waals surface area contributed by atoms with Gasteiger partial charge in [-0.15, -0.1) is 0 Å². The van der Waals surface area contributed by atoms with Crippen molar-refractivity contribution in [3.63, 3.8) is 0 Å². The molecule has 2 aromatic carbocycles. The van der Waals surface area contributed by atoms with E-state index in [0.29, 0.717) is 23.9 Å². The van der Waals surface area contributed by atoms with Gasteiger partial charge in [-0.3, -0.25) is 4.79 Å². The number of para-hydroxylation sites is 1. The summed E-state index contributed by atoms with van der Waals surface area (Å²) in [6, 6.07) is 13.4. The fourth-order valence-corrected chi connectivity index (χ4v) is 3.40. The van der Waals surface area contributed by atoms with Gasteiger partial charge in [0.05, 0.1) is 4.91 Å². The van der Waals surface area contributed by atoms with Gasteiger partial charge < -0.3 is 15.2 Å². The number of ether oxygens (including phenoxy) is 2. The smallest absolute Gasteiger partial charge is 0.286 e. The Morgan fingerprint density at radius 2 is 1.88 bits per heavy atom. The highest BCUT2D eigenvalue weighted by Gasteiger charge is 2.20. The molecule has 0 radical (unpaired) electrons. The van der Waals surface area contributed by atoms with E-state index in [2.05, 4.69) is 20.9 Å². The first-order chi connectivity index (χ1) is 12.5. The second-order valence-corrected chi connectivity index (χ2v) is 7.49. The molecule has 134 valence electrons. The van der Waals surface area contributed by atoms with Gasteiger partial charge in [-0.1, -0.05) is 34.1 Å². The first-order valence-corrected chi connectivity index (χ1v) is 9.53. The largest absolute Gasteiger partial charge is 0.490 e. The summed E-state index contributed by atoms with van der Waals surface area (Å²) in [5.41, 5.74) is 7.45. The number of benzene rings is 2. The zero-order valence-electron chi connectivity index (χ0n) is 14.1. The monoisotopic (exact) mass is 432 g/mol. The molecule has 2 aromatic rings. The lowest BCUT2D eigenvalue weighted by Gasteiger charge is -2.12. The molecule has 1 heterocycles. The van der Waals surface area contributed by atoms with Crippen LogP contribution in [-0.4, -0.2) is 24.3 Å². The van der Waals surface area contributed by atoms with Crippen molar-refractivity contribution in [3.8, 4) is 11.5 Å². The Balaban J connectivity index is 1.66. The first-order valence-electron chi connectivity index (χ1n) is 7.92. The van der Waals surface area contributed by atoms with E-state index < -0.39 is 0 Å². The van der Waals surface area contributed by atoms with Gasteiger partial charge in [0.1, 0.15) is 24.7 Å². The maximum Gasteiger partial charge on any atom is 0.286 e. The third-order valence-electron chi connectivity index (χ3n) is 3.59. The molecule has 0 atom stereocenters. The lowest BCUT2D eigenvalue weighted by Crippen LogP contribution is -2.10. The molecule has 0 aromatic heterocycles. The predicted octanol–water partition coefficient (Wildman–Crippen LogP) is 4.14. The van der Waals surface area contributed by atoms with Crippen molar-refractivity contribution in [1.29, 1.82) is 0 Å². The van der Waals surface area contributed by atoms with Crippen molar-refractivity contribution in [2.45, 2.75) is 6.92 Å². The van der Waals surface area contributed by atoms with Crippen LogP contribution in [0.5, 0.6) is 11.5 Å².